The summed E-state index contributed by atoms with van der Waals surface area (Å²) in [6.07, 6.45) is 2.71. The molecule has 0 saturated carbocycles. The average Bonchev–Trinajstić information content (AvgIpc) is 2.82. The van der Waals surface area contributed by atoms with Crippen LogP contribution >= 0.6 is 0 Å². The zero-order valence-electron chi connectivity index (χ0n) is 9.16. The van der Waals surface area contributed by atoms with E-state index in [1.807, 2.05) is 36.4 Å². The monoisotopic (exact) mass is 214 g/mol. The summed E-state index contributed by atoms with van der Waals surface area (Å²) in [4.78, 5) is 14.8. The van der Waals surface area contributed by atoms with Crippen LogP contribution in [-0.4, -0.2) is 10.9 Å². The van der Waals surface area contributed by atoms with Gasteiger partial charge in [-0.05, 0) is 36.2 Å². The summed E-state index contributed by atoms with van der Waals surface area (Å²) in [5, 5.41) is 2.80. The molecule has 2 aromatic rings. The molecule has 1 amide bonds. The van der Waals surface area contributed by atoms with Gasteiger partial charge in [0.05, 0.1) is 0 Å². The quantitative estimate of drug-likeness (QED) is 0.810. The minimum atomic E-state index is -0.0854. The zero-order chi connectivity index (χ0) is 11.4. The highest BCUT2D eigenvalue weighted by Gasteiger charge is 2.06. The van der Waals surface area contributed by atoms with Crippen LogP contribution in [0.4, 0.5) is 5.82 Å². The lowest BCUT2D eigenvalue weighted by Gasteiger charge is -2.04. The van der Waals surface area contributed by atoms with Gasteiger partial charge in [0, 0.05) is 11.8 Å². The van der Waals surface area contributed by atoms with Gasteiger partial charge in [-0.2, -0.15) is 0 Å². The summed E-state index contributed by atoms with van der Waals surface area (Å²) < 4.78 is 0. The highest BCUT2D eigenvalue weighted by Crippen LogP contribution is 2.09. The molecule has 1 aromatic heterocycles. The van der Waals surface area contributed by atoms with E-state index < -0.39 is 0 Å². The molecule has 0 atom stereocenters. The minimum absolute atomic E-state index is 0.0854. The number of amides is 1. The van der Waals surface area contributed by atoms with Crippen molar-refractivity contribution in [3.63, 3.8) is 0 Å². The molecule has 0 spiro atoms. The van der Waals surface area contributed by atoms with Gasteiger partial charge in [-0.3, -0.25) is 4.79 Å². The summed E-state index contributed by atoms with van der Waals surface area (Å²) in [7, 11) is 0. The topological polar surface area (TPSA) is 44.9 Å². The normalized spacial score (nSPS) is 10.1. The van der Waals surface area contributed by atoms with Crippen molar-refractivity contribution >= 4 is 11.7 Å². The Kier molecular flexibility index (Phi) is 3.05. The largest absolute Gasteiger partial charge is 0.348 e. The first kappa shape index (κ1) is 10.5. The number of carbonyl (C=O) groups is 1. The molecule has 1 heterocycles. The highest BCUT2D eigenvalue weighted by atomic mass is 16.1. The third-order valence-corrected chi connectivity index (χ3v) is 2.44. The molecule has 0 aliphatic carbocycles. The van der Waals surface area contributed by atoms with E-state index >= 15 is 0 Å². The number of aryl methyl sites for hydroxylation is 1. The van der Waals surface area contributed by atoms with Gasteiger partial charge in [-0.15, -0.1) is 0 Å². The molecule has 0 aliphatic heterocycles. The number of hydrogen-bond donors (Lipinski definition) is 2. The summed E-state index contributed by atoms with van der Waals surface area (Å²) in [5.74, 6) is 0.629. The van der Waals surface area contributed by atoms with Crippen molar-refractivity contribution in [3.05, 3.63) is 53.7 Å². The SMILES string of the molecule is CCc1cccc(C(=O)Nc2ccc[nH]2)c1. The second-order valence-corrected chi connectivity index (χ2v) is 3.59. The fourth-order valence-corrected chi connectivity index (χ4v) is 1.54. The summed E-state index contributed by atoms with van der Waals surface area (Å²) >= 11 is 0. The van der Waals surface area contributed by atoms with Crippen molar-refractivity contribution in [1.29, 1.82) is 0 Å². The lowest BCUT2D eigenvalue weighted by molar-refractivity contribution is 0.102. The number of hydrogen-bond acceptors (Lipinski definition) is 1. The number of carbonyl (C=O) groups excluding carboxylic acids is 1. The van der Waals surface area contributed by atoms with Crippen LogP contribution in [0.1, 0.15) is 22.8 Å². The molecule has 82 valence electrons. The fourth-order valence-electron chi connectivity index (χ4n) is 1.54. The molecule has 2 rings (SSSR count). The summed E-state index contributed by atoms with van der Waals surface area (Å²) in [6, 6.07) is 11.3. The second-order valence-electron chi connectivity index (χ2n) is 3.59. The third-order valence-electron chi connectivity index (χ3n) is 2.44. The van der Waals surface area contributed by atoms with E-state index in [0.29, 0.717) is 11.4 Å². The van der Waals surface area contributed by atoms with Crippen molar-refractivity contribution in [3.8, 4) is 0 Å². The number of aromatic nitrogens is 1. The Morgan fingerprint density at radius 3 is 2.88 bits per heavy atom. The highest BCUT2D eigenvalue weighted by molar-refractivity contribution is 6.03. The Morgan fingerprint density at radius 1 is 1.31 bits per heavy atom. The number of anilines is 1. The van der Waals surface area contributed by atoms with Gasteiger partial charge in [0.25, 0.3) is 5.91 Å². The number of aromatic amines is 1. The maximum absolute atomic E-state index is 11.8. The van der Waals surface area contributed by atoms with Gasteiger partial charge in [0.15, 0.2) is 0 Å². The Labute approximate surface area is 94.5 Å². The van der Waals surface area contributed by atoms with Crippen LogP contribution in [0.2, 0.25) is 0 Å². The van der Waals surface area contributed by atoms with E-state index in [9.17, 15) is 4.79 Å². The summed E-state index contributed by atoms with van der Waals surface area (Å²) in [5.41, 5.74) is 1.85. The molecule has 3 heteroatoms. The van der Waals surface area contributed by atoms with E-state index in [1.165, 1.54) is 5.56 Å². The van der Waals surface area contributed by atoms with Crippen molar-refractivity contribution in [2.24, 2.45) is 0 Å². The van der Waals surface area contributed by atoms with Crippen molar-refractivity contribution < 1.29 is 4.79 Å². The zero-order valence-corrected chi connectivity index (χ0v) is 9.16. The number of H-pyrrole nitrogens is 1. The van der Waals surface area contributed by atoms with Crippen molar-refractivity contribution in [2.45, 2.75) is 13.3 Å². The molecule has 0 unspecified atom stereocenters. The van der Waals surface area contributed by atoms with Gasteiger partial charge in [-0.25, -0.2) is 0 Å². The number of nitrogens with one attached hydrogen (secondary N) is 2. The van der Waals surface area contributed by atoms with Crippen LogP contribution in [-0.2, 0) is 6.42 Å². The molecule has 16 heavy (non-hydrogen) atoms. The van der Waals surface area contributed by atoms with E-state index in [0.717, 1.165) is 6.42 Å². The van der Waals surface area contributed by atoms with Crippen LogP contribution in [0.5, 0.6) is 0 Å². The van der Waals surface area contributed by atoms with Crippen LogP contribution in [0.3, 0.4) is 0 Å². The first-order valence-electron chi connectivity index (χ1n) is 5.33. The van der Waals surface area contributed by atoms with E-state index in [2.05, 4.69) is 17.2 Å². The standard InChI is InChI=1S/C13H14N2O/c1-2-10-5-3-6-11(9-10)13(16)15-12-7-4-8-14-12/h3-9,14H,2H2,1H3,(H,15,16). The van der Waals surface area contributed by atoms with Gasteiger partial charge >= 0.3 is 0 Å². The Balaban J connectivity index is 2.14. The second kappa shape index (κ2) is 4.66. The van der Waals surface area contributed by atoms with Gasteiger partial charge in [-0.1, -0.05) is 19.1 Å². The fraction of sp³-hybridized carbons (Fsp3) is 0.154. The van der Waals surface area contributed by atoms with E-state index in [-0.39, 0.29) is 5.91 Å². The Hall–Kier alpha value is -2.03. The number of benzene rings is 1. The smallest absolute Gasteiger partial charge is 0.256 e. The lowest BCUT2D eigenvalue weighted by Crippen LogP contribution is -2.12. The maximum Gasteiger partial charge on any atom is 0.256 e. The van der Waals surface area contributed by atoms with Crippen LogP contribution in [0.25, 0.3) is 0 Å². The lowest BCUT2D eigenvalue weighted by atomic mass is 10.1. The van der Waals surface area contributed by atoms with Crippen molar-refractivity contribution in [2.75, 3.05) is 5.32 Å². The maximum atomic E-state index is 11.8. The van der Waals surface area contributed by atoms with Gasteiger partial charge in [0.1, 0.15) is 5.82 Å². The minimum Gasteiger partial charge on any atom is -0.348 e. The average molecular weight is 214 g/mol. The predicted octanol–water partition coefficient (Wildman–Crippen LogP) is 2.83. The van der Waals surface area contributed by atoms with Crippen LogP contribution in [0.15, 0.2) is 42.6 Å². The molecule has 3 nitrogen and oxygen atoms in total. The molecule has 0 aliphatic rings. The predicted molar refractivity (Wildman–Crippen MR) is 64.6 cm³/mol. The molecule has 0 saturated heterocycles. The van der Waals surface area contributed by atoms with Crippen molar-refractivity contribution in [1.82, 2.24) is 4.98 Å². The van der Waals surface area contributed by atoms with Gasteiger partial charge in [0.2, 0.25) is 0 Å². The Morgan fingerprint density at radius 2 is 2.19 bits per heavy atom. The van der Waals surface area contributed by atoms with Gasteiger partial charge < -0.3 is 10.3 Å². The first-order valence-corrected chi connectivity index (χ1v) is 5.33. The molecular weight excluding hydrogens is 200 g/mol. The molecule has 0 fully saturated rings. The molecule has 1 aromatic carbocycles. The molecule has 2 N–H and O–H groups in total. The van der Waals surface area contributed by atoms with Crippen LogP contribution in [0, 0.1) is 0 Å². The van der Waals surface area contributed by atoms with Crippen LogP contribution < -0.4 is 5.32 Å². The Bertz CT molecular complexity index is 474. The molecular formula is C13H14N2O. The molecule has 0 bridgehead atoms. The first-order chi connectivity index (χ1) is 7.79. The molecule has 0 radical (unpaired) electrons. The number of rotatable bonds is 3. The third kappa shape index (κ3) is 2.31. The van der Waals surface area contributed by atoms with E-state index in [1.54, 1.807) is 6.20 Å². The van der Waals surface area contributed by atoms with E-state index in [4.69, 9.17) is 0 Å². The summed E-state index contributed by atoms with van der Waals surface area (Å²) in [6.45, 7) is 2.07.